The number of fused-ring (bicyclic) bond motifs is 1. The quantitative estimate of drug-likeness (QED) is 0.750. The van der Waals surface area contributed by atoms with Crippen LogP contribution in [0.1, 0.15) is 24.1 Å². The third-order valence-electron chi connectivity index (χ3n) is 4.55. The van der Waals surface area contributed by atoms with E-state index in [9.17, 15) is 8.78 Å². The van der Waals surface area contributed by atoms with Crippen molar-refractivity contribution in [2.24, 2.45) is 5.92 Å². The van der Waals surface area contributed by atoms with Gasteiger partial charge in [-0.25, -0.2) is 13.8 Å². The maximum absolute atomic E-state index is 13.4. The molecule has 1 aliphatic rings. The van der Waals surface area contributed by atoms with E-state index in [4.69, 9.17) is 4.74 Å². The molecule has 0 radical (unpaired) electrons. The summed E-state index contributed by atoms with van der Waals surface area (Å²) >= 11 is 0. The third-order valence-corrected chi connectivity index (χ3v) is 4.55. The zero-order chi connectivity index (χ0) is 17.2. The highest BCUT2D eigenvalue weighted by Crippen LogP contribution is 2.30. The molecule has 2 aromatic heterocycles. The summed E-state index contributed by atoms with van der Waals surface area (Å²) in [6.07, 6.45) is 5.31. The Morgan fingerprint density at radius 1 is 1.08 bits per heavy atom. The number of nitrogens with zero attached hydrogens (tertiary/aromatic N) is 1. The SMILES string of the molecule is Fc1ccc(C(=CC2CCOCC2)c2cc3cc(F)cnc3[nH]2)cc1. The molecular weight excluding hydrogens is 322 g/mol. The number of benzene rings is 1. The van der Waals surface area contributed by atoms with Gasteiger partial charge in [-0.3, -0.25) is 0 Å². The third kappa shape index (κ3) is 3.46. The van der Waals surface area contributed by atoms with Crippen LogP contribution in [0.2, 0.25) is 0 Å². The number of aromatic amines is 1. The van der Waals surface area contributed by atoms with Crippen LogP contribution in [-0.4, -0.2) is 23.2 Å². The summed E-state index contributed by atoms with van der Waals surface area (Å²) in [6.45, 7) is 1.49. The van der Waals surface area contributed by atoms with E-state index in [0.29, 0.717) is 11.6 Å². The smallest absolute Gasteiger partial charge is 0.142 e. The molecule has 1 saturated heterocycles. The highest BCUT2D eigenvalue weighted by atomic mass is 19.1. The van der Waals surface area contributed by atoms with Gasteiger partial charge in [0.05, 0.1) is 6.20 Å². The van der Waals surface area contributed by atoms with E-state index in [2.05, 4.69) is 16.0 Å². The fourth-order valence-corrected chi connectivity index (χ4v) is 3.22. The Hall–Kier alpha value is -2.53. The van der Waals surface area contributed by atoms with Gasteiger partial charge in [0, 0.05) is 29.9 Å². The molecule has 0 aliphatic carbocycles. The lowest BCUT2D eigenvalue weighted by atomic mass is 9.93. The van der Waals surface area contributed by atoms with E-state index in [1.54, 1.807) is 12.1 Å². The molecule has 5 heteroatoms. The predicted molar refractivity (Wildman–Crippen MR) is 93.1 cm³/mol. The summed E-state index contributed by atoms with van der Waals surface area (Å²) in [6, 6.07) is 9.78. The Morgan fingerprint density at radius 2 is 1.84 bits per heavy atom. The highest BCUT2D eigenvalue weighted by Gasteiger charge is 2.16. The van der Waals surface area contributed by atoms with Gasteiger partial charge in [-0.2, -0.15) is 0 Å². The fraction of sp³-hybridized carbons (Fsp3) is 0.250. The van der Waals surface area contributed by atoms with Gasteiger partial charge in [-0.1, -0.05) is 18.2 Å². The van der Waals surface area contributed by atoms with Crippen LogP contribution in [-0.2, 0) is 4.74 Å². The molecule has 25 heavy (non-hydrogen) atoms. The van der Waals surface area contributed by atoms with Crippen LogP contribution in [0.4, 0.5) is 8.78 Å². The molecule has 0 spiro atoms. The molecule has 3 nitrogen and oxygen atoms in total. The first kappa shape index (κ1) is 16.0. The van der Waals surface area contributed by atoms with Crippen LogP contribution < -0.4 is 0 Å². The second kappa shape index (κ2) is 6.76. The minimum absolute atomic E-state index is 0.269. The molecule has 1 aromatic carbocycles. The standard InChI is InChI=1S/C20H18F2N2O/c21-16-3-1-14(2-4-16)18(9-13-5-7-25-8-6-13)19-11-15-10-17(22)12-23-20(15)24-19/h1-4,9-13H,5-8H2,(H,23,24). The topological polar surface area (TPSA) is 37.9 Å². The molecule has 0 bridgehead atoms. The van der Waals surface area contributed by atoms with Crippen LogP contribution >= 0.6 is 0 Å². The molecule has 0 atom stereocenters. The number of pyridine rings is 1. The zero-order valence-electron chi connectivity index (χ0n) is 13.6. The van der Waals surface area contributed by atoms with E-state index in [1.807, 2.05) is 6.07 Å². The summed E-state index contributed by atoms with van der Waals surface area (Å²) in [5.41, 5.74) is 3.38. The van der Waals surface area contributed by atoms with Gasteiger partial charge in [-0.15, -0.1) is 0 Å². The van der Waals surface area contributed by atoms with Crippen molar-refractivity contribution in [2.75, 3.05) is 13.2 Å². The molecule has 4 rings (SSSR count). The predicted octanol–water partition coefficient (Wildman–Crippen LogP) is 4.70. The maximum Gasteiger partial charge on any atom is 0.142 e. The number of ether oxygens (including phenoxy) is 1. The van der Waals surface area contributed by atoms with Crippen molar-refractivity contribution < 1.29 is 13.5 Å². The second-order valence-corrected chi connectivity index (χ2v) is 6.31. The highest BCUT2D eigenvalue weighted by molar-refractivity contribution is 5.86. The normalized spacial score (nSPS) is 16.5. The zero-order valence-corrected chi connectivity index (χ0v) is 13.6. The summed E-state index contributed by atoms with van der Waals surface area (Å²) in [5, 5.41) is 0.718. The number of nitrogens with one attached hydrogen (secondary N) is 1. The lowest BCUT2D eigenvalue weighted by molar-refractivity contribution is 0.0786. The van der Waals surface area contributed by atoms with E-state index in [-0.39, 0.29) is 11.6 Å². The molecule has 0 saturated carbocycles. The molecule has 0 amide bonds. The fourth-order valence-electron chi connectivity index (χ4n) is 3.22. The number of rotatable bonds is 3. The van der Waals surface area contributed by atoms with E-state index in [1.165, 1.54) is 24.4 Å². The van der Waals surface area contributed by atoms with Gasteiger partial charge in [0.25, 0.3) is 0 Å². The van der Waals surface area contributed by atoms with Crippen LogP contribution in [0.25, 0.3) is 16.6 Å². The second-order valence-electron chi connectivity index (χ2n) is 6.31. The summed E-state index contributed by atoms with van der Waals surface area (Å²) in [7, 11) is 0. The largest absolute Gasteiger partial charge is 0.381 e. The number of allylic oxidation sites excluding steroid dienone is 1. The van der Waals surface area contributed by atoms with Crippen molar-refractivity contribution in [1.82, 2.24) is 9.97 Å². The first-order valence-corrected chi connectivity index (χ1v) is 8.39. The van der Waals surface area contributed by atoms with Crippen LogP contribution in [0, 0.1) is 17.6 Å². The lowest BCUT2D eigenvalue weighted by Gasteiger charge is -2.20. The number of hydrogen-bond donors (Lipinski definition) is 1. The Morgan fingerprint density at radius 3 is 2.60 bits per heavy atom. The van der Waals surface area contributed by atoms with Crippen molar-refractivity contribution >= 4 is 16.6 Å². The Bertz CT molecular complexity index is 909. The van der Waals surface area contributed by atoms with E-state index < -0.39 is 0 Å². The number of aromatic nitrogens is 2. The van der Waals surface area contributed by atoms with Crippen molar-refractivity contribution in [3.8, 4) is 0 Å². The monoisotopic (exact) mass is 340 g/mol. The van der Waals surface area contributed by atoms with Gasteiger partial charge in [-0.05, 0) is 48.6 Å². The molecule has 0 unspecified atom stereocenters. The average Bonchev–Trinajstić information content (AvgIpc) is 3.04. The lowest BCUT2D eigenvalue weighted by Crippen LogP contribution is -2.14. The van der Waals surface area contributed by atoms with Crippen LogP contribution in [0.5, 0.6) is 0 Å². The van der Waals surface area contributed by atoms with Gasteiger partial charge in [0.1, 0.15) is 17.3 Å². The average molecular weight is 340 g/mol. The first-order chi connectivity index (χ1) is 12.2. The molecule has 1 fully saturated rings. The molecular formula is C20H18F2N2O. The number of H-pyrrole nitrogens is 1. The molecule has 1 aliphatic heterocycles. The molecule has 1 N–H and O–H groups in total. The van der Waals surface area contributed by atoms with Crippen molar-refractivity contribution in [2.45, 2.75) is 12.8 Å². The van der Waals surface area contributed by atoms with Crippen molar-refractivity contribution in [3.63, 3.8) is 0 Å². The number of halogens is 2. The van der Waals surface area contributed by atoms with Gasteiger partial charge in [0.15, 0.2) is 0 Å². The van der Waals surface area contributed by atoms with Crippen LogP contribution in [0.3, 0.4) is 0 Å². The summed E-state index contributed by atoms with van der Waals surface area (Å²) in [4.78, 5) is 7.36. The van der Waals surface area contributed by atoms with Crippen molar-refractivity contribution in [1.29, 1.82) is 0 Å². The van der Waals surface area contributed by atoms with Gasteiger partial charge >= 0.3 is 0 Å². The summed E-state index contributed by atoms with van der Waals surface area (Å²) < 4.78 is 32.2. The maximum atomic E-state index is 13.4. The Labute approximate surface area is 144 Å². The van der Waals surface area contributed by atoms with Crippen LogP contribution in [0.15, 0.2) is 48.7 Å². The minimum Gasteiger partial charge on any atom is -0.381 e. The van der Waals surface area contributed by atoms with Crippen molar-refractivity contribution in [3.05, 3.63) is 71.6 Å². The van der Waals surface area contributed by atoms with E-state index in [0.717, 1.165) is 48.3 Å². The van der Waals surface area contributed by atoms with Gasteiger partial charge in [0.2, 0.25) is 0 Å². The minimum atomic E-state index is -0.366. The first-order valence-electron chi connectivity index (χ1n) is 8.39. The molecule has 3 aromatic rings. The Kier molecular flexibility index (Phi) is 4.32. The molecule has 3 heterocycles. The number of hydrogen-bond acceptors (Lipinski definition) is 2. The Balaban J connectivity index is 1.80. The van der Waals surface area contributed by atoms with E-state index >= 15 is 0 Å². The summed E-state index contributed by atoms with van der Waals surface area (Å²) in [5.74, 6) is -0.241. The molecule has 128 valence electrons. The van der Waals surface area contributed by atoms with Gasteiger partial charge < -0.3 is 9.72 Å².